The summed E-state index contributed by atoms with van der Waals surface area (Å²) in [6, 6.07) is 12.4. The Bertz CT molecular complexity index is 961. The minimum atomic E-state index is -0.571. The van der Waals surface area contributed by atoms with Crippen LogP contribution in [-0.2, 0) is 6.61 Å². The number of anilines is 1. The topological polar surface area (TPSA) is 51.5 Å². The van der Waals surface area contributed by atoms with Crippen molar-refractivity contribution in [1.29, 1.82) is 0 Å². The molecule has 0 saturated carbocycles. The Kier molecular flexibility index (Phi) is 5.86. The Labute approximate surface area is 167 Å². The maximum atomic E-state index is 13.8. The van der Waals surface area contributed by atoms with Crippen LogP contribution in [0, 0.1) is 5.82 Å². The number of hydrogen-bond donors (Lipinski definition) is 1. The highest BCUT2D eigenvalue weighted by atomic mass is 79.9. The number of rotatable bonds is 5. The fourth-order valence-corrected chi connectivity index (χ4v) is 2.78. The number of nitrogens with one attached hydrogen (secondary N) is 1. The van der Waals surface area contributed by atoms with Gasteiger partial charge in [0.1, 0.15) is 29.0 Å². The average Bonchev–Trinajstić information content (AvgIpc) is 3.08. The van der Waals surface area contributed by atoms with Gasteiger partial charge in [0.2, 0.25) is 0 Å². The number of carbonyl (C=O) groups excluding carboxylic acids is 1. The Balaban J connectivity index is 1.65. The summed E-state index contributed by atoms with van der Waals surface area (Å²) in [5.74, 6) is -0.291. The van der Waals surface area contributed by atoms with Crippen molar-refractivity contribution in [2.24, 2.45) is 0 Å². The van der Waals surface area contributed by atoms with Crippen LogP contribution >= 0.6 is 39.1 Å². The zero-order chi connectivity index (χ0) is 18.7. The van der Waals surface area contributed by atoms with E-state index in [4.69, 9.17) is 32.4 Å². The van der Waals surface area contributed by atoms with Gasteiger partial charge in [-0.05, 0) is 42.5 Å². The van der Waals surface area contributed by atoms with Gasteiger partial charge in [0.25, 0.3) is 5.91 Å². The minimum absolute atomic E-state index is 0.0307. The third-order valence-corrected chi connectivity index (χ3v) is 4.65. The molecule has 3 rings (SSSR count). The number of halogens is 4. The first-order valence-electron chi connectivity index (χ1n) is 7.36. The molecule has 0 atom stereocenters. The van der Waals surface area contributed by atoms with E-state index in [0.717, 1.165) is 0 Å². The van der Waals surface area contributed by atoms with E-state index in [0.29, 0.717) is 26.0 Å². The molecule has 0 aliphatic rings. The van der Waals surface area contributed by atoms with Gasteiger partial charge in [-0.25, -0.2) is 4.39 Å². The lowest BCUT2D eigenvalue weighted by Crippen LogP contribution is -2.12. The van der Waals surface area contributed by atoms with Gasteiger partial charge in [-0.2, -0.15) is 0 Å². The fourth-order valence-electron chi connectivity index (χ4n) is 2.10. The number of ether oxygens (including phenoxy) is 1. The summed E-state index contributed by atoms with van der Waals surface area (Å²) in [4.78, 5) is 12.2. The predicted octanol–water partition coefficient (Wildman–Crippen LogP) is 6.32. The van der Waals surface area contributed by atoms with Gasteiger partial charge in [0, 0.05) is 4.47 Å². The van der Waals surface area contributed by atoms with E-state index in [-0.39, 0.29) is 18.1 Å². The molecule has 0 aliphatic carbocycles. The molecule has 3 aromatic rings. The number of hydrogen-bond acceptors (Lipinski definition) is 3. The Morgan fingerprint density at radius 1 is 1.19 bits per heavy atom. The second-order valence-corrected chi connectivity index (χ2v) is 6.89. The molecule has 1 amide bonds. The molecule has 134 valence electrons. The first-order valence-corrected chi connectivity index (χ1v) is 8.91. The van der Waals surface area contributed by atoms with Gasteiger partial charge < -0.3 is 14.5 Å². The van der Waals surface area contributed by atoms with Crippen LogP contribution in [0.25, 0.3) is 0 Å². The van der Waals surface area contributed by atoms with E-state index in [1.807, 2.05) is 0 Å². The zero-order valence-electron chi connectivity index (χ0n) is 13.1. The summed E-state index contributed by atoms with van der Waals surface area (Å²) >= 11 is 15.1. The van der Waals surface area contributed by atoms with Crippen LogP contribution < -0.4 is 10.1 Å². The van der Waals surface area contributed by atoms with E-state index >= 15 is 0 Å². The molecular weight excluding hydrogens is 448 g/mol. The third-order valence-electron chi connectivity index (χ3n) is 3.35. The standard InChI is InChI=1S/C18H11BrCl2FNO3/c19-10-4-6-14(13(22)8-10)23-18(24)16-7-5-11(26-16)9-25-15-3-1-2-12(20)17(15)21/h1-8H,9H2,(H,23,24). The van der Waals surface area contributed by atoms with Crippen LogP contribution in [0.5, 0.6) is 5.75 Å². The van der Waals surface area contributed by atoms with E-state index in [2.05, 4.69) is 21.2 Å². The SMILES string of the molecule is O=C(Nc1ccc(Br)cc1F)c1ccc(COc2cccc(Cl)c2Cl)o1. The van der Waals surface area contributed by atoms with Gasteiger partial charge in [0.15, 0.2) is 5.76 Å². The predicted molar refractivity (Wildman–Crippen MR) is 102 cm³/mol. The van der Waals surface area contributed by atoms with E-state index in [1.54, 1.807) is 30.3 Å². The molecule has 0 radical (unpaired) electrons. The number of carbonyl (C=O) groups is 1. The van der Waals surface area contributed by atoms with Crippen LogP contribution in [0.1, 0.15) is 16.3 Å². The van der Waals surface area contributed by atoms with Crippen molar-refractivity contribution in [1.82, 2.24) is 0 Å². The lowest BCUT2D eigenvalue weighted by atomic mass is 10.3. The molecule has 1 aromatic heterocycles. The molecule has 0 saturated heterocycles. The largest absolute Gasteiger partial charge is 0.484 e. The highest BCUT2D eigenvalue weighted by Gasteiger charge is 2.14. The Morgan fingerprint density at radius 2 is 2.00 bits per heavy atom. The maximum Gasteiger partial charge on any atom is 0.291 e. The molecule has 8 heteroatoms. The minimum Gasteiger partial charge on any atom is -0.484 e. The van der Waals surface area contributed by atoms with E-state index in [9.17, 15) is 9.18 Å². The van der Waals surface area contributed by atoms with Crippen LogP contribution in [-0.4, -0.2) is 5.91 Å². The van der Waals surface area contributed by atoms with Crippen LogP contribution in [0.4, 0.5) is 10.1 Å². The summed E-state index contributed by atoms with van der Waals surface area (Å²) < 4.78 is 25.3. The maximum absolute atomic E-state index is 13.8. The highest BCUT2D eigenvalue weighted by Crippen LogP contribution is 2.32. The summed E-state index contributed by atoms with van der Waals surface area (Å²) in [6.07, 6.45) is 0. The van der Waals surface area contributed by atoms with Crippen LogP contribution in [0.3, 0.4) is 0 Å². The molecule has 4 nitrogen and oxygen atoms in total. The summed E-state index contributed by atoms with van der Waals surface area (Å²) in [7, 11) is 0. The smallest absolute Gasteiger partial charge is 0.291 e. The zero-order valence-corrected chi connectivity index (χ0v) is 16.2. The van der Waals surface area contributed by atoms with Crippen molar-refractivity contribution >= 4 is 50.7 Å². The summed E-state index contributed by atoms with van der Waals surface area (Å²) in [5, 5.41) is 3.12. The third kappa shape index (κ3) is 4.38. The summed E-state index contributed by atoms with van der Waals surface area (Å²) in [5.41, 5.74) is 0.0538. The quantitative estimate of drug-likeness (QED) is 0.486. The second kappa shape index (κ2) is 8.12. The van der Waals surface area contributed by atoms with Crippen molar-refractivity contribution in [2.75, 3.05) is 5.32 Å². The molecule has 26 heavy (non-hydrogen) atoms. The van der Waals surface area contributed by atoms with Crippen molar-refractivity contribution in [3.05, 3.63) is 80.4 Å². The molecule has 2 aromatic carbocycles. The van der Waals surface area contributed by atoms with Crippen molar-refractivity contribution < 1.29 is 18.3 Å². The monoisotopic (exact) mass is 457 g/mol. The van der Waals surface area contributed by atoms with Crippen LogP contribution in [0.15, 0.2) is 57.4 Å². The first kappa shape index (κ1) is 18.8. The van der Waals surface area contributed by atoms with E-state index < -0.39 is 11.7 Å². The normalized spacial score (nSPS) is 10.6. The number of furan rings is 1. The Morgan fingerprint density at radius 3 is 2.77 bits per heavy atom. The molecule has 0 spiro atoms. The van der Waals surface area contributed by atoms with Gasteiger partial charge in [-0.15, -0.1) is 0 Å². The molecule has 1 heterocycles. The number of amides is 1. The molecule has 0 unspecified atom stereocenters. The molecule has 0 aliphatic heterocycles. The first-order chi connectivity index (χ1) is 12.4. The van der Waals surface area contributed by atoms with Crippen molar-refractivity contribution in [3.63, 3.8) is 0 Å². The molecule has 0 bridgehead atoms. The van der Waals surface area contributed by atoms with Crippen molar-refractivity contribution in [2.45, 2.75) is 6.61 Å². The van der Waals surface area contributed by atoms with Gasteiger partial charge in [-0.3, -0.25) is 4.79 Å². The molecule has 1 N–H and O–H groups in total. The highest BCUT2D eigenvalue weighted by molar-refractivity contribution is 9.10. The lowest BCUT2D eigenvalue weighted by Gasteiger charge is -2.07. The van der Waals surface area contributed by atoms with Crippen LogP contribution in [0.2, 0.25) is 10.0 Å². The molecule has 0 fully saturated rings. The van der Waals surface area contributed by atoms with Gasteiger partial charge >= 0.3 is 0 Å². The average molecular weight is 459 g/mol. The fraction of sp³-hybridized carbons (Fsp3) is 0.0556. The van der Waals surface area contributed by atoms with E-state index in [1.165, 1.54) is 18.2 Å². The molecular formula is C18H11BrCl2FNO3. The Hall–Kier alpha value is -2.02. The second-order valence-electron chi connectivity index (χ2n) is 5.18. The summed E-state index contributed by atoms with van der Waals surface area (Å²) in [6.45, 7) is 0.0555. The van der Waals surface area contributed by atoms with Gasteiger partial charge in [-0.1, -0.05) is 45.2 Å². The van der Waals surface area contributed by atoms with Gasteiger partial charge in [0.05, 0.1) is 10.7 Å². The number of benzene rings is 2. The lowest BCUT2D eigenvalue weighted by molar-refractivity contribution is 0.0992. The van der Waals surface area contributed by atoms with Crippen molar-refractivity contribution in [3.8, 4) is 5.75 Å².